The lowest BCUT2D eigenvalue weighted by atomic mass is 9.47. The van der Waals surface area contributed by atoms with Crippen LogP contribution in [0.15, 0.2) is 30.3 Å². The van der Waals surface area contributed by atoms with E-state index < -0.39 is 29.6 Å². The molecule has 0 bridgehead atoms. The van der Waals surface area contributed by atoms with Crippen molar-refractivity contribution < 1.29 is 29.0 Å². The van der Waals surface area contributed by atoms with E-state index in [0.717, 1.165) is 22.8 Å². The highest BCUT2D eigenvalue weighted by atomic mass is 32.2. The summed E-state index contributed by atoms with van der Waals surface area (Å²) >= 11 is 8.56. The van der Waals surface area contributed by atoms with Crippen molar-refractivity contribution in [1.82, 2.24) is 5.32 Å². The number of nitrogens with two attached hydrogens (primary N) is 1. The Kier molecular flexibility index (Phi) is 15.7. The smallest absolute Gasteiger partial charge is 0.335 e. The molecule has 2 rings (SSSR count). The van der Waals surface area contributed by atoms with Crippen molar-refractivity contribution in [3.63, 3.8) is 0 Å². The van der Waals surface area contributed by atoms with Gasteiger partial charge in [-0.1, -0.05) is 49.5 Å². The van der Waals surface area contributed by atoms with Gasteiger partial charge in [-0.25, -0.2) is 4.79 Å². The van der Waals surface area contributed by atoms with Crippen LogP contribution < -0.4 is 11.1 Å². The molecule has 1 aromatic rings. The molecule has 1 amide bonds. The second-order valence-electron chi connectivity index (χ2n) is 12.0. The maximum absolute atomic E-state index is 12.9. The van der Waals surface area contributed by atoms with E-state index in [9.17, 15) is 14.4 Å². The van der Waals surface area contributed by atoms with Gasteiger partial charge < -0.3 is 25.6 Å². The zero-order valence-electron chi connectivity index (χ0n) is 26.5. The van der Waals surface area contributed by atoms with E-state index in [0.29, 0.717) is 5.75 Å². The lowest BCUT2D eigenvalue weighted by Gasteiger charge is -2.60. The van der Waals surface area contributed by atoms with Gasteiger partial charge in [-0.3, -0.25) is 9.59 Å². The number of thiocarbonyl (C=S) groups is 1. The molecule has 4 N–H and O–H groups in total. The van der Waals surface area contributed by atoms with Gasteiger partial charge in [-0.2, -0.15) is 0 Å². The van der Waals surface area contributed by atoms with Gasteiger partial charge in [0.2, 0.25) is 5.91 Å². The number of ether oxygens (including phenoxy) is 2. The van der Waals surface area contributed by atoms with E-state index in [1.54, 1.807) is 32.7 Å². The molecule has 238 valence electrons. The average Bonchev–Trinajstić information content (AvgIpc) is 2.89. The quantitative estimate of drug-likeness (QED) is 0.201. The number of thioether (sulfide) groups is 2. The van der Waals surface area contributed by atoms with E-state index in [-0.39, 0.29) is 34.6 Å². The van der Waals surface area contributed by atoms with Crippen LogP contribution in [0.4, 0.5) is 0 Å². The van der Waals surface area contributed by atoms with Crippen molar-refractivity contribution in [2.75, 3.05) is 19.4 Å². The van der Waals surface area contributed by atoms with Gasteiger partial charge in [-0.15, -0.1) is 23.5 Å². The third-order valence-electron chi connectivity index (χ3n) is 7.35. The summed E-state index contributed by atoms with van der Waals surface area (Å²) < 4.78 is 10.7. The molecule has 1 saturated carbocycles. The van der Waals surface area contributed by atoms with Crippen LogP contribution in [0.3, 0.4) is 0 Å². The number of nitrogens with one attached hydrogen (secondary N) is 1. The van der Waals surface area contributed by atoms with Crippen LogP contribution in [0.5, 0.6) is 0 Å². The summed E-state index contributed by atoms with van der Waals surface area (Å²) in [6.45, 7) is 14.9. The average molecular weight is 643 g/mol. The maximum atomic E-state index is 12.9. The minimum atomic E-state index is -0.828. The zero-order chi connectivity index (χ0) is 32.3. The largest absolute Gasteiger partial charge is 0.453 e. The van der Waals surface area contributed by atoms with E-state index in [1.807, 2.05) is 19.9 Å². The predicted molar refractivity (Wildman–Crippen MR) is 178 cm³/mol. The number of aliphatic hydroxyl groups is 1. The molecule has 0 radical (unpaired) electrons. The molecular formula is C31H50N2O6S3. The number of benzene rings is 1. The number of ketones is 1. The first kappa shape index (κ1) is 38.5. The number of Topliss-reactive ketones (excluding diaryl/α,β-unsaturated/α-hetero) is 1. The van der Waals surface area contributed by atoms with Crippen molar-refractivity contribution in [2.45, 2.75) is 104 Å². The summed E-state index contributed by atoms with van der Waals surface area (Å²) in [7, 11) is 1.72. The molecule has 1 fully saturated rings. The number of rotatable bonds is 13. The molecule has 0 aliphatic heterocycles. The number of hydrogen-bond acceptors (Lipinski definition) is 10. The fraction of sp³-hybridized carbons (Fsp3) is 0.677. The van der Waals surface area contributed by atoms with Crippen LogP contribution >= 0.6 is 35.7 Å². The third kappa shape index (κ3) is 11.2. The lowest BCUT2D eigenvalue weighted by molar-refractivity contribution is -0.166. The summed E-state index contributed by atoms with van der Waals surface area (Å²) in [5.41, 5.74) is 6.40. The summed E-state index contributed by atoms with van der Waals surface area (Å²) in [4.78, 5) is 35.7. The fourth-order valence-corrected chi connectivity index (χ4v) is 8.44. The highest BCUT2D eigenvalue weighted by Gasteiger charge is 2.63. The Labute approximate surface area is 266 Å². The highest BCUT2D eigenvalue weighted by Crippen LogP contribution is 2.64. The van der Waals surface area contributed by atoms with Crippen LogP contribution in [0, 0.1) is 10.8 Å². The second kappa shape index (κ2) is 17.1. The Balaban J connectivity index is 0.000000476. The number of amides is 1. The molecule has 8 nitrogen and oxygen atoms in total. The summed E-state index contributed by atoms with van der Waals surface area (Å²) in [5.74, 6) is -0.142. The molecular weight excluding hydrogens is 593 g/mol. The minimum absolute atomic E-state index is 0.0676. The normalized spacial score (nSPS) is 22.1. The van der Waals surface area contributed by atoms with Crippen molar-refractivity contribution in [2.24, 2.45) is 16.6 Å². The van der Waals surface area contributed by atoms with Crippen LogP contribution in [0.2, 0.25) is 0 Å². The second-order valence-corrected chi connectivity index (χ2v) is 15.9. The van der Waals surface area contributed by atoms with Crippen molar-refractivity contribution in [1.29, 1.82) is 0 Å². The van der Waals surface area contributed by atoms with E-state index in [4.69, 9.17) is 32.5 Å². The molecule has 0 spiro atoms. The van der Waals surface area contributed by atoms with Crippen molar-refractivity contribution in [3.05, 3.63) is 35.9 Å². The number of carbonyl (C=O) groups is 3. The standard InChI is InChI=1S/C20H29NO2S3.C11H21NO4/c1-18(2,26-17(24)25-11-10-22)20(16(23)21-4)13-19(3,14-20)12-15-8-6-5-7-9-15;1-6(2)15-9(5)11(14)16-8(4)10(13)7(3)12/h5-9,22H,10-14H2,1-4H3,(H,21,23);6-9H,12H2,1-5H3/t;7?,8-,9-/m.1/s1. The van der Waals surface area contributed by atoms with Gasteiger partial charge in [0.25, 0.3) is 0 Å². The fourth-order valence-electron chi connectivity index (χ4n) is 5.34. The van der Waals surface area contributed by atoms with Gasteiger partial charge in [0, 0.05) is 17.5 Å². The van der Waals surface area contributed by atoms with E-state index >= 15 is 0 Å². The highest BCUT2D eigenvalue weighted by molar-refractivity contribution is 8.47. The van der Waals surface area contributed by atoms with Crippen LogP contribution in [-0.2, 0) is 30.3 Å². The van der Waals surface area contributed by atoms with Crippen molar-refractivity contribution in [3.8, 4) is 0 Å². The predicted octanol–water partition coefficient (Wildman–Crippen LogP) is 4.93. The zero-order valence-corrected chi connectivity index (χ0v) is 29.0. The molecule has 0 heterocycles. The van der Waals surface area contributed by atoms with Gasteiger partial charge in [0.05, 0.1) is 24.2 Å². The van der Waals surface area contributed by atoms with E-state index in [1.165, 1.54) is 24.2 Å². The van der Waals surface area contributed by atoms with Gasteiger partial charge in [-0.05, 0) is 78.7 Å². The van der Waals surface area contributed by atoms with Crippen LogP contribution in [-0.4, -0.2) is 74.8 Å². The molecule has 1 aliphatic carbocycles. The molecule has 0 aromatic heterocycles. The number of carbonyl (C=O) groups excluding carboxylic acids is 3. The van der Waals surface area contributed by atoms with Crippen molar-refractivity contribution >= 4 is 56.9 Å². The Morgan fingerprint density at radius 2 is 1.67 bits per heavy atom. The summed E-state index contributed by atoms with van der Waals surface area (Å²) in [6, 6.07) is 9.85. The van der Waals surface area contributed by atoms with Gasteiger partial charge >= 0.3 is 5.97 Å². The SMILES string of the molecule is CC(C)O[C@H](C)C(=O)O[C@H](C)C(=O)C(C)N.CNC(=O)C1(C(C)(C)SC(=S)SCCO)CC(C)(Cc2ccccc2)C1. The first-order valence-electron chi connectivity index (χ1n) is 14.3. The molecule has 1 unspecified atom stereocenters. The molecule has 11 heteroatoms. The van der Waals surface area contributed by atoms with Gasteiger partial charge in [0.15, 0.2) is 18.0 Å². The lowest BCUT2D eigenvalue weighted by Crippen LogP contribution is -2.63. The topological polar surface area (TPSA) is 128 Å². The molecule has 42 heavy (non-hydrogen) atoms. The monoisotopic (exact) mass is 642 g/mol. The molecule has 3 atom stereocenters. The number of esters is 1. The summed E-state index contributed by atoms with van der Waals surface area (Å²) in [6.07, 6.45) is 1.11. The van der Waals surface area contributed by atoms with Crippen LogP contribution in [0.1, 0.15) is 73.8 Å². The molecule has 0 saturated heterocycles. The Hall–Kier alpha value is -1.50. The maximum Gasteiger partial charge on any atom is 0.335 e. The number of hydrogen-bond donors (Lipinski definition) is 3. The Morgan fingerprint density at radius 3 is 2.14 bits per heavy atom. The minimum Gasteiger partial charge on any atom is -0.453 e. The van der Waals surface area contributed by atoms with Gasteiger partial charge in [0.1, 0.15) is 3.53 Å². The van der Waals surface area contributed by atoms with E-state index in [2.05, 4.69) is 50.4 Å². The molecule has 1 aromatic carbocycles. The van der Waals surface area contributed by atoms with Crippen LogP contribution in [0.25, 0.3) is 0 Å². The third-order valence-corrected chi connectivity index (χ3v) is 10.2. The summed E-state index contributed by atoms with van der Waals surface area (Å²) in [5, 5.41) is 11.9. The molecule has 1 aliphatic rings. The number of aliphatic hydroxyl groups excluding tert-OH is 1. The first-order valence-corrected chi connectivity index (χ1v) is 16.5. The Morgan fingerprint density at radius 1 is 1.10 bits per heavy atom. The Bertz CT molecular complexity index is 1040. The first-order chi connectivity index (χ1) is 19.4.